The second-order valence-corrected chi connectivity index (χ2v) is 4.97. The lowest BCUT2D eigenvalue weighted by Gasteiger charge is -2.07. The number of rotatable bonds is 4. The Kier molecular flexibility index (Phi) is 3.93. The van der Waals surface area contributed by atoms with E-state index in [1.807, 2.05) is 23.6 Å². The van der Waals surface area contributed by atoms with Crippen LogP contribution >= 0.6 is 27.3 Å². The molecule has 5 heteroatoms. The van der Waals surface area contributed by atoms with Gasteiger partial charge in [0.2, 0.25) is 0 Å². The van der Waals surface area contributed by atoms with Crippen LogP contribution in [0.1, 0.15) is 10.6 Å². The van der Waals surface area contributed by atoms with Gasteiger partial charge in [-0.1, -0.05) is 6.07 Å². The lowest BCUT2D eigenvalue weighted by Crippen LogP contribution is -1.95. The van der Waals surface area contributed by atoms with E-state index in [0.717, 1.165) is 20.8 Å². The summed E-state index contributed by atoms with van der Waals surface area (Å²) in [5.41, 5.74) is 0.855. The first-order valence-corrected chi connectivity index (χ1v) is 6.37. The van der Waals surface area contributed by atoms with E-state index in [9.17, 15) is 0 Å². The largest absolute Gasteiger partial charge is 0.485 e. The monoisotopic (exact) mass is 299 g/mol. The molecule has 3 nitrogen and oxygen atoms in total. The summed E-state index contributed by atoms with van der Waals surface area (Å²) >= 11 is 4.96. The van der Waals surface area contributed by atoms with Gasteiger partial charge in [-0.25, -0.2) is 4.98 Å². The molecule has 1 heterocycles. The number of benzene rings is 1. The Morgan fingerprint density at radius 3 is 2.94 bits per heavy atom. The smallest absolute Gasteiger partial charge is 0.140 e. The molecule has 0 bridgehead atoms. The molecule has 2 aromatic rings. The molecule has 0 radical (unpaired) electrons. The zero-order valence-electron chi connectivity index (χ0n) is 8.39. The highest BCUT2D eigenvalue weighted by Gasteiger charge is 2.03. The number of halogens is 1. The summed E-state index contributed by atoms with van der Waals surface area (Å²) in [5.74, 6) is 0.757. The molecule has 0 aliphatic heterocycles. The molecule has 1 aromatic carbocycles. The number of nitrogens with zero attached hydrogens (tertiary/aromatic N) is 1. The Bertz CT molecular complexity index is 459. The average molecular weight is 300 g/mol. The average Bonchev–Trinajstić information content (AvgIpc) is 2.80. The van der Waals surface area contributed by atoms with Crippen molar-refractivity contribution >= 4 is 27.3 Å². The van der Waals surface area contributed by atoms with Gasteiger partial charge < -0.3 is 9.84 Å². The third-order valence-electron chi connectivity index (χ3n) is 2.01. The first kappa shape index (κ1) is 11.6. The predicted molar refractivity (Wildman–Crippen MR) is 66.5 cm³/mol. The zero-order chi connectivity index (χ0) is 11.4. The van der Waals surface area contributed by atoms with Gasteiger partial charge >= 0.3 is 0 Å². The van der Waals surface area contributed by atoms with Crippen LogP contribution in [0.25, 0.3) is 0 Å². The van der Waals surface area contributed by atoms with Gasteiger partial charge in [-0.05, 0) is 33.6 Å². The van der Waals surface area contributed by atoms with Crippen molar-refractivity contribution < 1.29 is 9.84 Å². The molecular weight excluding hydrogens is 290 g/mol. The Morgan fingerprint density at radius 1 is 1.44 bits per heavy atom. The van der Waals surface area contributed by atoms with Gasteiger partial charge in [0.1, 0.15) is 17.4 Å². The Morgan fingerprint density at radius 2 is 2.31 bits per heavy atom. The molecular formula is C11H10BrNO2S. The number of aromatic nitrogens is 1. The fraction of sp³-hybridized carbons (Fsp3) is 0.182. The van der Waals surface area contributed by atoms with E-state index in [2.05, 4.69) is 20.9 Å². The number of aliphatic hydroxyl groups excluding tert-OH is 1. The van der Waals surface area contributed by atoms with E-state index < -0.39 is 0 Å². The molecule has 0 unspecified atom stereocenters. The van der Waals surface area contributed by atoms with Gasteiger partial charge in [0.15, 0.2) is 0 Å². The summed E-state index contributed by atoms with van der Waals surface area (Å²) in [6.07, 6.45) is 1.76. The van der Waals surface area contributed by atoms with Gasteiger partial charge in [-0.2, -0.15) is 0 Å². The number of hydrogen-bond donors (Lipinski definition) is 1. The number of ether oxygens (including phenoxy) is 1. The van der Waals surface area contributed by atoms with Crippen LogP contribution < -0.4 is 4.74 Å². The van der Waals surface area contributed by atoms with Crippen molar-refractivity contribution in [1.82, 2.24) is 4.98 Å². The minimum absolute atomic E-state index is 0.0331. The van der Waals surface area contributed by atoms with Crippen LogP contribution in [0.15, 0.2) is 34.2 Å². The molecule has 0 atom stereocenters. The van der Waals surface area contributed by atoms with E-state index >= 15 is 0 Å². The summed E-state index contributed by atoms with van der Waals surface area (Å²) in [6, 6.07) is 5.52. The van der Waals surface area contributed by atoms with Gasteiger partial charge in [0.25, 0.3) is 0 Å². The first-order chi connectivity index (χ1) is 7.79. The minimum Gasteiger partial charge on any atom is -0.485 e. The lowest BCUT2D eigenvalue weighted by atomic mass is 10.2. The SMILES string of the molecule is OCc1ccc(OCc2nccs2)c(Br)c1. The molecule has 0 aliphatic rings. The minimum atomic E-state index is 0.0331. The van der Waals surface area contributed by atoms with E-state index in [4.69, 9.17) is 9.84 Å². The molecule has 0 spiro atoms. The van der Waals surface area contributed by atoms with E-state index in [1.54, 1.807) is 17.5 Å². The van der Waals surface area contributed by atoms with Gasteiger partial charge in [0, 0.05) is 11.6 Å². The molecule has 84 valence electrons. The quantitative estimate of drug-likeness (QED) is 0.944. The van der Waals surface area contributed by atoms with Gasteiger partial charge in [0.05, 0.1) is 11.1 Å². The van der Waals surface area contributed by atoms with Crippen molar-refractivity contribution in [2.24, 2.45) is 0 Å². The fourth-order valence-electron chi connectivity index (χ4n) is 1.22. The summed E-state index contributed by atoms with van der Waals surface area (Å²) in [7, 11) is 0. The van der Waals surface area contributed by atoms with E-state index in [0.29, 0.717) is 6.61 Å². The Hall–Kier alpha value is -0.910. The Balaban J connectivity index is 2.04. The maximum atomic E-state index is 8.96. The maximum Gasteiger partial charge on any atom is 0.140 e. The van der Waals surface area contributed by atoms with E-state index in [1.165, 1.54) is 0 Å². The summed E-state index contributed by atoms with van der Waals surface area (Å²) in [5, 5.41) is 11.8. The second kappa shape index (κ2) is 5.43. The predicted octanol–water partition coefficient (Wildman–Crippen LogP) is 2.98. The molecule has 0 fully saturated rings. The van der Waals surface area contributed by atoms with Crippen LogP contribution in [0.2, 0.25) is 0 Å². The van der Waals surface area contributed by atoms with Crippen LogP contribution in [0.3, 0.4) is 0 Å². The first-order valence-electron chi connectivity index (χ1n) is 4.70. The second-order valence-electron chi connectivity index (χ2n) is 3.14. The summed E-state index contributed by atoms with van der Waals surface area (Å²) < 4.78 is 6.44. The zero-order valence-corrected chi connectivity index (χ0v) is 10.8. The van der Waals surface area contributed by atoms with Crippen molar-refractivity contribution in [1.29, 1.82) is 0 Å². The van der Waals surface area contributed by atoms with Crippen molar-refractivity contribution in [3.8, 4) is 5.75 Å². The third kappa shape index (κ3) is 2.81. The number of hydrogen-bond acceptors (Lipinski definition) is 4. The van der Waals surface area contributed by atoms with E-state index in [-0.39, 0.29) is 6.61 Å². The highest BCUT2D eigenvalue weighted by Crippen LogP contribution is 2.26. The van der Waals surface area contributed by atoms with Crippen molar-refractivity contribution in [3.05, 3.63) is 44.8 Å². The maximum absolute atomic E-state index is 8.96. The third-order valence-corrected chi connectivity index (χ3v) is 3.39. The normalized spacial score (nSPS) is 10.4. The molecule has 0 aliphatic carbocycles. The summed E-state index contributed by atoms with van der Waals surface area (Å²) in [4.78, 5) is 4.13. The lowest BCUT2D eigenvalue weighted by molar-refractivity contribution is 0.280. The van der Waals surface area contributed by atoms with Crippen LogP contribution in [0.5, 0.6) is 5.75 Å². The van der Waals surface area contributed by atoms with Gasteiger partial charge in [-0.15, -0.1) is 11.3 Å². The highest BCUT2D eigenvalue weighted by atomic mass is 79.9. The molecule has 0 amide bonds. The highest BCUT2D eigenvalue weighted by molar-refractivity contribution is 9.10. The summed E-state index contributed by atoms with van der Waals surface area (Å²) in [6.45, 7) is 0.500. The standard InChI is InChI=1S/C11H10BrNO2S/c12-9-5-8(6-14)1-2-10(9)15-7-11-13-3-4-16-11/h1-5,14H,6-7H2. The van der Waals surface area contributed by atoms with Crippen LogP contribution in [-0.4, -0.2) is 10.1 Å². The van der Waals surface area contributed by atoms with Crippen LogP contribution in [0, 0.1) is 0 Å². The van der Waals surface area contributed by atoms with Crippen molar-refractivity contribution in [3.63, 3.8) is 0 Å². The van der Waals surface area contributed by atoms with Crippen molar-refractivity contribution in [2.45, 2.75) is 13.2 Å². The molecule has 0 saturated heterocycles. The van der Waals surface area contributed by atoms with Crippen LogP contribution in [-0.2, 0) is 13.2 Å². The molecule has 2 rings (SSSR count). The molecule has 1 aromatic heterocycles. The number of aliphatic hydroxyl groups is 1. The Labute approximate surface area is 106 Å². The molecule has 0 saturated carbocycles. The topological polar surface area (TPSA) is 42.4 Å². The molecule has 1 N–H and O–H groups in total. The molecule has 16 heavy (non-hydrogen) atoms. The van der Waals surface area contributed by atoms with Crippen molar-refractivity contribution in [2.75, 3.05) is 0 Å². The number of thiazole rings is 1. The fourth-order valence-corrected chi connectivity index (χ4v) is 2.29. The van der Waals surface area contributed by atoms with Gasteiger partial charge in [-0.3, -0.25) is 0 Å². The van der Waals surface area contributed by atoms with Crippen LogP contribution in [0.4, 0.5) is 0 Å².